The van der Waals surface area contributed by atoms with Gasteiger partial charge >= 0.3 is 0 Å². The van der Waals surface area contributed by atoms with E-state index in [1.807, 2.05) is 37.3 Å². The molecule has 0 saturated carbocycles. The van der Waals surface area contributed by atoms with E-state index in [-0.39, 0.29) is 10.8 Å². The molecule has 0 aromatic heterocycles. The van der Waals surface area contributed by atoms with E-state index in [1.165, 1.54) is 34.8 Å². The maximum Gasteiger partial charge on any atom is 0.280 e. The Morgan fingerprint density at radius 1 is 1.00 bits per heavy atom. The molecule has 0 spiro atoms. The van der Waals surface area contributed by atoms with Crippen molar-refractivity contribution in [3.05, 3.63) is 82.9 Å². The lowest BCUT2D eigenvalue weighted by Gasteiger charge is -2.24. The lowest BCUT2D eigenvalue weighted by atomic mass is 10.0. The minimum absolute atomic E-state index is 0.0295. The van der Waals surface area contributed by atoms with Crippen LogP contribution in [0, 0.1) is 6.92 Å². The lowest BCUT2D eigenvalue weighted by Crippen LogP contribution is -2.28. The van der Waals surface area contributed by atoms with Crippen molar-refractivity contribution < 1.29 is 22.7 Å². The van der Waals surface area contributed by atoms with Crippen molar-refractivity contribution >= 4 is 39.1 Å². The van der Waals surface area contributed by atoms with Crippen LogP contribution in [0.25, 0.3) is 6.08 Å². The number of amides is 1. The summed E-state index contributed by atoms with van der Waals surface area (Å²) in [4.78, 5) is 15.4. The van der Waals surface area contributed by atoms with Gasteiger partial charge in [0.15, 0.2) is 11.5 Å². The molecule has 1 heterocycles. The van der Waals surface area contributed by atoms with E-state index in [0.717, 1.165) is 41.3 Å². The Morgan fingerprint density at radius 3 is 2.34 bits per heavy atom. The van der Waals surface area contributed by atoms with E-state index in [9.17, 15) is 13.2 Å². The summed E-state index contributed by atoms with van der Waals surface area (Å²) in [6, 6.07) is 17.9. The number of aryl methyl sites for hydroxylation is 2. The van der Waals surface area contributed by atoms with Gasteiger partial charge in [-0.2, -0.15) is 10.1 Å². The largest absolute Gasteiger partial charge is 0.493 e. The van der Waals surface area contributed by atoms with Crippen molar-refractivity contribution in [2.75, 3.05) is 36.7 Å². The summed E-state index contributed by atoms with van der Waals surface area (Å²) < 4.78 is 34.7. The number of nitrogens with zero attached hydrogens (tertiary/aromatic N) is 3. The molecule has 0 saturated heterocycles. The maximum atomic E-state index is 13.2. The van der Waals surface area contributed by atoms with Gasteiger partial charge in [0.25, 0.3) is 5.91 Å². The van der Waals surface area contributed by atoms with Crippen molar-refractivity contribution in [2.45, 2.75) is 39.0 Å². The van der Waals surface area contributed by atoms with E-state index in [0.29, 0.717) is 30.1 Å². The third kappa shape index (κ3) is 6.78. The fourth-order valence-corrected chi connectivity index (χ4v) is 5.11. The molecular weight excluding hydrogens is 540 g/mol. The molecule has 3 aromatic carbocycles. The van der Waals surface area contributed by atoms with Crippen LogP contribution in [-0.4, -0.2) is 46.8 Å². The number of benzene rings is 3. The highest BCUT2D eigenvalue weighted by Crippen LogP contribution is 2.30. The second kappa shape index (κ2) is 12.6. The highest BCUT2D eigenvalue weighted by Gasteiger charge is 2.29. The van der Waals surface area contributed by atoms with Crippen molar-refractivity contribution in [3.63, 3.8) is 0 Å². The number of hydrazone groups is 1. The van der Waals surface area contributed by atoms with Gasteiger partial charge in [0.05, 0.1) is 35.5 Å². The van der Waals surface area contributed by atoms with E-state index in [4.69, 9.17) is 14.6 Å². The molecule has 2 N–H and O–H groups in total. The minimum Gasteiger partial charge on any atom is -0.493 e. The van der Waals surface area contributed by atoms with Crippen LogP contribution in [0.5, 0.6) is 11.5 Å². The van der Waals surface area contributed by atoms with Crippen molar-refractivity contribution in [1.82, 2.24) is 0 Å². The second-order valence-corrected chi connectivity index (χ2v) is 11.3. The Morgan fingerprint density at radius 2 is 1.73 bits per heavy atom. The van der Waals surface area contributed by atoms with Crippen LogP contribution >= 0.6 is 0 Å². The molecule has 1 aliphatic rings. The fourth-order valence-electron chi connectivity index (χ4n) is 4.60. The van der Waals surface area contributed by atoms with E-state index >= 15 is 0 Å². The molecule has 216 valence electrons. The van der Waals surface area contributed by atoms with Crippen LogP contribution in [0.2, 0.25) is 0 Å². The number of primary sulfonamides is 1. The highest BCUT2D eigenvalue weighted by molar-refractivity contribution is 7.89. The monoisotopic (exact) mass is 576 g/mol. The first kappa shape index (κ1) is 29.8. The number of methoxy groups -OCH3 is 1. The molecule has 3 aromatic rings. The third-order valence-electron chi connectivity index (χ3n) is 7.03. The van der Waals surface area contributed by atoms with Gasteiger partial charge in [0.1, 0.15) is 6.61 Å². The molecule has 0 aliphatic carbocycles. The van der Waals surface area contributed by atoms with Crippen LogP contribution in [0.15, 0.2) is 76.2 Å². The molecule has 0 unspecified atom stereocenters. The first-order valence-corrected chi connectivity index (χ1v) is 15.0. The van der Waals surface area contributed by atoms with Crippen LogP contribution in [0.1, 0.15) is 37.5 Å². The minimum atomic E-state index is -3.83. The summed E-state index contributed by atoms with van der Waals surface area (Å²) in [5.41, 5.74) is 5.68. The summed E-state index contributed by atoms with van der Waals surface area (Å²) in [5, 5.41) is 10.8. The maximum absolute atomic E-state index is 13.2. The number of rotatable bonds is 11. The Hall–Kier alpha value is -4.15. The number of ether oxygens (including phenoxy) is 2. The molecule has 10 heteroatoms. The highest BCUT2D eigenvalue weighted by atomic mass is 32.2. The third-order valence-corrected chi connectivity index (χ3v) is 7.96. The number of nitrogens with two attached hydrogens (primary N) is 1. The van der Waals surface area contributed by atoms with E-state index in [2.05, 4.69) is 36.0 Å². The Kier molecular flexibility index (Phi) is 9.14. The van der Waals surface area contributed by atoms with Crippen molar-refractivity contribution in [2.24, 2.45) is 10.2 Å². The predicted octanol–water partition coefficient (Wildman–Crippen LogP) is 4.92. The summed E-state index contributed by atoms with van der Waals surface area (Å²) in [6.07, 6.45) is 2.77. The van der Waals surface area contributed by atoms with Gasteiger partial charge in [-0.25, -0.2) is 13.6 Å². The number of likely N-dealkylation sites (N-methyl/N-ethyl adjacent to an activating group) is 1. The molecule has 9 nitrogen and oxygen atoms in total. The first-order valence-electron chi connectivity index (χ1n) is 13.5. The number of carbonyl (C=O) groups is 1. The SMILES string of the molecule is CCc1ccc(OCCN(CC)c2ccc(/C=C3/C(=O)N(c4ccc(S(N)(=O)=O)cc4)N=C3C)c(C)c2)c(OC)c1. The topological polar surface area (TPSA) is 115 Å². The summed E-state index contributed by atoms with van der Waals surface area (Å²) in [6.45, 7) is 9.98. The molecule has 1 aliphatic heterocycles. The molecule has 0 atom stereocenters. The Balaban J connectivity index is 1.46. The standard InChI is InChI=1S/C31H36N4O5S/c1-6-23-8-15-29(30(19-23)39-5)40-17-16-34(7-2)26-10-9-24(21(3)18-26)20-28-22(4)33-35(31(28)36)25-11-13-27(14-12-25)41(32,37)38/h8-15,18-20H,6-7,16-17H2,1-5H3,(H2,32,37,38)/b28-20+. The van der Waals surface area contributed by atoms with Gasteiger partial charge in [0, 0.05) is 12.2 Å². The normalized spacial score (nSPS) is 14.4. The molecule has 41 heavy (non-hydrogen) atoms. The lowest BCUT2D eigenvalue weighted by molar-refractivity contribution is -0.114. The number of anilines is 2. The Labute approximate surface area is 241 Å². The number of carbonyl (C=O) groups excluding carboxylic acids is 1. The van der Waals surface area contributed by atoms with Gasteiger partial charge in [-0.1, -0.05) is 19.1 Å². The molecular formula is C31H36N4O5S. The molecule has 4 rings (SSSR count). The fraction of sp³-hybridized carbons (Fsp3) is 0.290. The summed E-state index contributed by atoms with van der Waals surface area (Å²) >= 11 is 0. The Bertz CT molecular complexity index is 1600. The van der Waals surface area contributed by atoms with Gasteiger partial charge in [0.2, 0.25) is 10.0 Å². The zero-order valence-corrected chi connectivity index (χ0v) is 24.9. The zero-order valence-electron chi connectivity index (χ0n) is 24.0. The summed E-state index contributed by atoms with van der Waals surface area (Å²) in [5.74, 6) is 1.18. The van der Waals surface area contributed by atoms with Crippen LogP contribution in [-0.2, 0) is 21.2 Å². The van der Waals surface area contributed by atoms with Gasteiger partial charge in [-0.3, -0.25) is 4.79 Å². The number of hydrogen-bond acceptors (Lipinski definition) is 7. The summed E-state index contributed by atoms with van der Waals surface area (Å²) in [7, 11) is -2.17. The van der Waals surface area contributed by atoms with Crippen molar-refractivity contribution in [3.8, 4) is 11.5 Å². The van der Waals surface area contributed by atoms with Gasteiger partial charge in [-0.05, 0) is 98.5 Å². The average molecular weight is 577 g/mol. The number of hydrogen-bond donors (Lipinski definition) is 1. The predicted molar refractivity (Wildman–Crippen MR) is 163 cm³/mol. The van der Waals surface area contributed by atoms with Crippen molar-refractivity contribution in [1.29, 1.82) is 0 Å². The molecule has 0 fully saturated rings. The molecule has 1 amide bonds. The van der Waals surface area contributed by atoms with Crippen LogP contribution in [0.3, 0.4) is 0 Å². The van der Waals surface area contributed by atoms with E-state index in [1.54, 1.807) is 14.0 Å². The zero-order chi connectivity index (χ0) is 29.7. The van der Waals surface area contributed by atoms with Gasteiger partial charge < -0.3 is 14.4 Å². The van der Waals surface area contributed by atoms with Gasteiger partial charge in [-0.15, -0.1) is 0 Å². The quantitative estimate of drug-likeness (QED) is 0.324. The average Bonchev–Trinajstić information content (AvgIpc) is 3.24. The first-order chi connectivity index (χ1) is 19.5. The smallest absolute Gasteiger partial charge is 0.280 e. The number of sulfonamides is 1. The van der Waals surface area contributed by atoms with Crippen LogP contribution in [0.4, 0.5) is 11.4 Å². The van der Waals surface area contributed by atoms with Crippen LogP contribution < -0.4 is 24.5 Å². The second-order valence-electron chi connectivity index (χ2n) is 9.71. The van der Waals surface area contributed by atoms with E-state index < -0.39 is 10.0 Å². The molecule has 0 radical (unpaired) electrons. The molecule has 0 bridgehead atoms.